The fourth-order valence-electron chi connectivity index (χ4n) is 6.76. The van der Waals surface area contributed by atoms with Gasteiger partial charge in [-0.1, -0.05) is 6.08 Å². The number of aliphatic carboxylic acids is 1. The van der Waals surface area contributed by atoms with Crippen LogP contribution in [-0.4, -0.2) is 114 Å². The minimum Gasteiger partial charge on any atom is -0.480 e. The molecule has 0 unspecified atom stereocenters. The van der Waals surface area contributed by atoms with Crippen LogP contribution in [0.5, 0.6) is 5.88 Å². The van der Waals surface area contributed by atoms with Crippen molar-refractivity contribution in [1.82, 2.24) is 19.9 Å². The zero-order valence-electron chi connectivity index (χ0n) is 27.2. The molecule has 3 saturated heterocycles. The molecule has 13 nitrogen and oxygen atoms in total. The lowest BCUT2D eigenvalue weighted by atomic mass is 9.90. The van der Waals surface area contributed by atoms with E-state index in [0.717, 1.165) is 16.7 Å². The molecule has 260 valence electrons. The van der Waals surface area contributed by atoms with E-state index >= 15 is 0 Å². The van der Waals surface area contributed by atoms with E-state index in [1.54, 1.807) is 17.2 Å². The Balaban J connectivity index is 1.20. The first-order valence-electron chi connectivity index (χ1n) is 15.9. The SMILES string of the molecule is COC(=O)N1CC=C(c2cnc(O[C@H]3C[C@@H](C(=O)O)N(c4cc(-c5cc(C)cs5)nc(C(F)F)n4)C3)c(N3CCOC4(COC4)[C@@H]3C)c2)C1. The average Bonchev–Trinajstić information content (AvgIpc) is 3.84. The first-order chi connectivity index (χ1) is 23.5. The molecule has 0 bridgehead atoms. The van der Waals surface area contributed by atoms with E-state index < -0.39 is 42.1 Å². The summed E-state index contributed by atoms with van der Waals surface area (Å²) in [7, 11) is 1.34. The summed E-state index contributed by atoms with van der Waals surface area (Å²) in [5, 5.41) is 12.1. The molecular weight excluding hydrogens is 662 g/mol. The average molecular weight is 699 g/mol. The molecule has 1 amide bonds. The summed E-state index contributed by atoms with van der Waals surface area (Å²) in [5.74, 6) is -1.41. The van der Waals surface area contributed by atoms with Crippen molar-refractivity contribution in [2.75, 3.05) is 62.9 Å². The van der Waals surface area contributed by atoms with Gasteiger partial charge in [0, 0.05) is 38.3 Å². The number of aromatic nitrogens is 3. The first-order valence-corrected chi connectivity index (χ1v) is 16.8. The van der Waals surface area contributed by atoms with Crippen LogP contribution >= 0.6 is 11.3 Å². The van der Waals surface area contributed by atoms with Crippen LogP contribution < -0.4 is 14.5 Å². The minimum absolute atomic E-state index is 0.0648. The molecule has 3 aromatic rings. The van der Waals surface area contributed by atoms with Gasteiger partial charge in [-0.3, -0.25) is 0 Å². The van der Waals surface area contributed by atoms with E-state index in [0.29, 0.717) is 61.6 Å². The summed E-state index contributed by atoms with van der Waals surface area (Å²) in [6, 6.07) is 4.18. The van der Waals surface area contributed by atoms with Crippen LogP contribution in [0, 0.1) is 6.92 Å². The number of aryl methyl sites for hydroxylation is 1. The van der Waals surface area contributed by atoms with Gasteiger partial charge in [0.1, 0.15) is 29.3 Å². The number of alkyl halides is 2. The number of morpholine rings is 1. The highest BCUT2D eigenvalue weighted by molar-refractivity contribution is 7.13. The summed E-state index contributed by atoms with van der Waals surface area (Å²) in [5.41, 5.74) is 3.18. The Labute approximate surface area is 285 Å². The molecule has 16 heteroatoms. The number of carbonyl (C=O) groups excluding carboxylic acids is 1. The number of nitrogens with zero attached hydrogens (tertiary/aromatic N) is 6. The predicted molar refractivity (Wildman–Crippen MR) is 175 cm³/mol. The molecule has 7 heterocycles. The number of carboxylic acid groups (broad SMARTS) is 1. The fourth-order valence-corrected chi connectivity index (χ4v) is 7.62. The van der Waals surface area contributed by atoms with Crippen LogP contribution in [0.3, 0.4) is 0 Å². The molecule has 0 saturated carbocycles. The number of halogens is 2. The summed E-state index contributed by atoms with van der Waals surface area (Å²) in [6.45, 7) is 6.71. The Bertz CT molecular complexity index is 1790. The third kappa shape index (κ3) is 6.28. The molecule has 1 N–H and O–H groups in total. The highest BCUT2D eigenvalue weighted by Gasteiger charge is 2.50. The lowest BCUT2D eigenvalue weighted by molar-refractivity contribution is -0.228. The highest BCUT2D eigenvalue weighted by Crippen LogP contribution is 2.41. The zero-order chi connectivity index (χ0) is 34.4. The van der Waals surface area contributed by atoms with Crippen LogP contribution in [0.1, 0.15) is 36.7 Å². The Kier molecular flexibility index (Phi) is 8.87. The van der Waals surface area contributed by atoms with Crippen LogP contribution in [0.2, 0.25) is 0 Å². The lowest BCUT2D eigenvalue weighted by Gasteiger charge is -2.53. The van der Waals surface area contributed by atoms with Crippen molar-refractivity contribution in [2.24, 2.45) is 0 Å². The molecule has 49 heavy (non-hydrogen) atoms. The monoisotopic (exact) mass is 698 g/mol. The van der Waals surface area contributed by atoms with Crippen molar-refractivity contribution in [1.29, 1.82) is 0 Å². The van der Waals surface area contributed by atoms with E-state index in [1.807, 2.05) is 30.5 Å². The topological polar surface area (TPSA) is 140 Å². The first kappa shape index (κ1) is 33.1. The molecule has 0 aliphatic carbocycles. The van der Waals surface area contributed by atoms with Gasteiger partial charge in [0.2, 0.25) is 5.88 Å². The van der Waals surface area contributed by atoms with Gasteiger partial charge in [-0.15, -0.1) is 11.3 Å². The number of thiophene rings is 1. The molecule has 0 radical (unpaired) electrons. The van der Waals surface area contributed by atoms with Gasteiger partial charge in [-0.25, -0.2) is 33.3 Å². The van der Waals surface area contributed by atoms with Crippen molar-refractivity contribution in [3.63, 3.8) is 0 Å². The van der Waals surface area contributed by atoms with E-state index in [1.165, 1.54) is 23.3 Å². The summed E-state index contributed by atoms with van der Waals surface area (Å²) < 4.78 is 51.1. The zero-order valence-corrected chi connectivity index (χ0v) is 28.0. The number of carbonyl (C=O) groups is 2. The van der Waals surface area contributed by atoms with E-state index in [2.05, 4.69) is 21.8 Å². The van der Waals surface area contributed by atoms with Gasteiger partial charge in [-0.05, 0) is 48.1 Å². The normalized spacial score (nSPS) is 23.2. The molecule has 3 fully saturated rings. The fraction of sp³-hybridized carbons (Fsp3) is 0.485. The van der Waals surface area contributed by atoms with Gasteiger partial charge in [0.15, 0.2) is 5.82 Å². The number of rotatable bonds is 8. The Morgan fingerprint density at radius 1 is 1.18 bits per heavy atom. The lowest BCUT2D eigenvalue weighted by Crippen LogP contribution is -2.68. The molecule has 3 atom stereocenters. The Hall–Kier alpha value is -4.41. The van der Waals surface area contributed by atoms with Gasteiger partial charge < -0.3 is 38.8 Å². The largest absolute Gasteiger partial charge is 0.480 e. The number of pyridine rings is 1. The molecule has 0 aromatic carbocycles. The smallest absolute Gasteiger partial charge is 0.410 e. The third-order valence-electron chi connectivity index (χ3n) is 9.54. The Morgan fingerprint density at radius 3 is 2.67 bits per heavy atom. The Morgan fingerprint density at radius 2 is 2.00 bits per heavy atom. The number of carboxylic acids is 1. The number of anilines is 2. The van der Waals surface area contributed by atoms with Gasteiger partial charge >= 0.3 is 12.1 Å². The second-order valence-corrected chi connectivity index (χ2v) is 13.6. The van der Waals surface area contributed by atoms with Gasteiger partial charge in [0.05, 0.1) is 50.1 Å². The van der Waals surface area contributed by atoms with Gasteiger partial charge in [-0.2, -0.15) is 0 Å². The van der Waals surface area contributed by atoms with E-state index in [4.69, 9.17) is 23.9 Å². The van der Waals surface area contributed by atoms with Crippen LogP contribution in [-0.2, 0) is 19.0 Å². The second kappa shape index (κ2) is 13.1. The van der Waals surface area contributed by atoms with Crippen molar-refractivity contribution < 1.29 is 42.4 Å². The minimum atomic E-state index is -2.95. The molecule has 3 aromatic heterocycles. The summed E-state index contributed by atoms with van der Waals surface area (Å²) >= 11 is 1.36. The van der Waals surface area contributed by atoms with Crippen molar-refractivity contribution in [3.8, 4) is 16.5 Å². The second-order valence-electron chi connectivity index (χ2n) is 12.6. The number of methoxy groups -OCH3 is 1. The quantitative estimate of drug-likeness (QED) is 0.356. The van der Waals surface area contributed by atoms with Crippen molar-refractivity contribution in [3.05, 3.63) is 52.8 Å². The molecular formula is C33H36F2N6O7S. The number of hydrogen-bond acceptors (Lipinski definition) is 12. The van der Waals surface area contributed by atoms with E-state index in [-0.39, 0.29) is 24.8 Å². The summed E-state index contributed by atoms with van der Waals surface area (Å²) in [6.07, 6.45) is -0.334. The highest BCUT2D eigenvalue weighted by atomic mass is 32.1. The maximum atomic E-state index is 14.0. The van der Waals surface area contributed by atoms with Crippen molar-refractivity contribution >= 4 is 40.5 Å². The van der Waals surface area contributed by atoms with Crippen molar-refractivity contribution in [2.45, 2.75) is 50.5 Å². The van der Waals surface area contributed by atoms with Gasteiger partial charge in [0.25, 0.3) is 6.43 Å². The molecule has 4 aliphatic rings. The molecule has 7 rings (SSSR count). The van der Waals surface area contributed by atoms with Crippen LogP contribution in [0.15, 0.2) is 35.9 Å². The number of amides is 1. The maximum absolute atomic E-state index is 14.0. The maximum Gasteiger partial charge on any atom is 0.410 e. The predicted octanol–water partition coefficient (Wildman–Crippen LogP) is 4.42. The van der Waals surface area contributed by atoms with E-state index in [9.17, 15) is 23.5 Å². The molecule has 1 spiro atoms. The third-order valence-corrected chi connectivity index (χ3v) is 10.6. The molecule has 4 aliphatic heterocycles. The summed E-state index contributed by atoms with van der Waals surface area (Å²) in [4.78, 5) is 43.5. The standard InChI is InChI=1S/C33H36F2N6O7S/c1-18-8-26(49-15-18)23-11-27(38-29(37-23)28(34)35)41-14-22(10-25(41)31(42)43)48-30-24(40-6-7-47-33(19(40)2)16-46-17-33)9-21(12-36-30)20-4-5-39(13-20)32(44)45-3/h4,8-9,11-12,15,19,22,25,28H,5-7,10,13-14,16-17H2,1-3H3,(H,42,43)/t19-,22-,25-/m0/s1. The number of ether oxygens (including phenoxy) is 4. The van der Waals surface area contributed by atoms with Crippen LogP contribution in [0.25, 0.3) is 16.1 Å². The number of hydrogen-bond donors (Lipinski definition) is 1. The van der Waals surface area contributed by atoms with Crippen LogP contribution in [0.4, 0.5) is 25.1 Å².